The zero-order valence-corrected chi connectivity index (χ0v) is 12.3. The summed E-state index contributed by atoms with van der Waals surface area (Å²) in [7, 11) is 0. The van der Waals surface area contributed by atoms with Crippen molar-refractivity contribution in [2.24, 2.45) is 0 Å². The van der Waals surface area contributed by atoms with Gasteiger partial charge in [-0.3, -0.25) is 10.1 Å². The van der Waals surface area contributed by atoms with Crippen molar-refractivity contribution in [2.45, 2.75) is 18.8 Å². The van der Waals surface area contributed by atoms with E-state index in [0.717, 1.165) is 5.82 Å². The molecule has 0 atom stereocenters. The summed E-state index contributed by atoms with van der Waals surface area (Å²) in [6.07, 6.45) is 0. The lowest BCUT2D eigenvalue weighted by Gasteiger charge is -2.06. The zero-order valence-electron chi connectivity index (χ0n) is 10.0. The highest BCUT2D eigenvalue weighted by Gasteiger charge is 2.16. The maximum absolute atomic E-state index is 10.8. The number of hydrogen-bond acceptors (Lipinski definition) is 4. The molecule has 0 N–H and O–H groups in total. The molecule has 0 bridgehead atoms. The Morgan fingerprint density at radius 2 is 2.16 bits per heavy atom. The third kappa shape index (κ3) is 2.76. The zero-order chi connectivity index (χ0) is 14.0. The van der Waals surface area contributed by atoms with E-state index in [-0.39, 0.29) is 5.69 Å². The number of alkyl halides is 1. The van der Waals surface area contributed by atoms with Crippen LogP contribution in [0.1, 0.15) is 12.7 Å². The van der Waals surface area contributed by atoms with Gasteiger partial charge in [-0.25, -0.2) is 0 Å². The van der Waals surface area contributed by atoms with Crippen LogP contribution < -0.4 is 0 Å². The molecule has 2 aromatic rings. The average molecular weight is 346 g/mol. The van der Waals surface area contributed by atoms with E-state index in [4.69, 9.17) is 11.6 Å². The predicted octanol–water partition coefficient (Wildman–Crippen LogP) is 3.42. The summed E-state index contributed by atoms with van der Waals surface area (Å²) in [5.41, 5.74) is 0.522. The van der Waals surface area contributed by atoms with Crippen LogP contribution in [0.25, 0.3) is 11.4 Å². The Labute approximate surface area is 122 Å². The Balaban J connectivity index is 2.58. The maximum atomic E-state index is 10.8. The number of benzene rings is 1. The molecular weight excluding hydrogens is 336 g/mol. The lowest BCUT2D eigenvalue weighted by atomic mass is 10.2. The molecule has 8 heteroatoms. The monoisotopic (exact) mass is 344 g/mol. The van der Waals surface area contributed by atoms with Crippen molar-refractivity contribution in [3.05, 3.63) is 39.2 Å². The number of nitro benzene ring substituents is 1. The minimum Gasteiger partial charge on any atom is -0.311 e. The van der Waals surface area contributed by atoms with Crippen molar-refractivity contribution >= 4 is 33.2 Å². The fraction of sp³-hybridized carbons (Fsp3) is 0.273. The first-order chi connectivity index (χ1) is 9.06. The summed E-state index contributed by atoms with van der Waals surface area (Å²) in [5.74, 6) is 1.34. The standard InChI is InChI=1S/C11H10BrClN4O2/c1-2-16-10(6-12)14-15-11(16)7-3-8(13)5-9(4-7)17(18)19/h3-5H,2,6H2,1H3. The van der Waals surface area contributed by atoms with E-state index in [2.05, 4.69) is 26.1 Å². The van der Waals surface area contributed by atoms with Gasteiger partial charge in [0.25, 0.3) is 5.69 Å². The Morgan fingerprint density at radius 1 is 1.42 bits per heavy atom. The molecule has 1 aromatic heterocycles. The van der Waals surface area contributed by atoms with Crippen molar-refractivity contribution in [1.29, 1.82) is 0 Å². The second kappa shape index (κ2) is 5.66. The highest BCUT2D eigenvalue weighted by atomic mass is 79.9. The van der Waals surface area contributed by atoms with Gasteiger partial charge in [-0.1, -0.05) is 27.5 Å². The molecule has 1 aromatic carbocycles. The molecule has 0 aliphatic heterocycles. The van der Waals surface area contributed by atoms with Crippen molar-refractivity contribution in [3.63, 3.8) is 0 Å². The number of nitrogens with zero attached hydrogens (tertiary/aromatic N) is 4. The molecule has 0 radical (unpaired) electrons. The molecule has 19 heavy (non-hydrogen) atoms. The third-order valence-corrected chi connectivity index (χ3v) is 3.33. The molecule has 1 heterocycles. The first kappa shape index (κ1) is 14.0. The van der Waals surface area contributed by atoms with Crippen LogP contribution in [0.2, 0.25) is 5.02 Å². The van der Waals surface area contributed by atoms with Crippen LogP contribution in [-0.4, -0.2) is 19.7 Å². The van der Waals surface area contributed by atoms with E-state index < -0.39 is 4.92 Å². The largest absolute Gasteiger partial charge is 0.311 e. The van der Waals surface area contributed by atoms with Gasteiger partial charge in [-0.2, -0.15) is 0 Å². The van der Waals surface area contributed by atoms with Gasteiger partial charge in [-0.05, 0) is 13.0 Å². The van der Waals surface area contributed by atoms with E-state index >= 15 is 0 Å². The van der Waals surface area contributed by atoms with Crippen LogP contribution in [0.15, 0.2) is 18.2 Å². The molecular formula is C11H10BrClN4O2. The second-order valence-electron chi connectivity index (χ2n) is 3.77. The Bertz CT molecular complexity index is 629. The van der Waals surface area contributed by atoms with Gasteiger partial charge in [0.1, 0.15) is 5.82 Å². The normalized spacial score (nSPS) is 10.7. The van der Waals surface area contributed by atoms with Crippen LogP contribution in [0.5, 0.6) is 0 Å². The molecule has 2 rings (SSSR count). The molecule has 6 nitrogen and oxygen atoms in total. The summed E-state index contributed by atoms with van der Waals surface area (Å²) in [6, 6.07) is 4.39. The van der Waals surface area contributed by atoms with E-state index in [1.54, 1.807) is 6.07 Å². The number of rotatable bonds is 4. The Kier molecular flexibility index (Phi) is 4.16. The van der Waals surface area contributed by atoms with Gasteiger partial charge in [0.05, 0.1) is 10.3 Å². The van der Waals surface area contributed by atoms with E-state index in [9.17, 15) is 10.1 Å². The fourth-order valence-electron chi connectivity index (χ4n) is 1.79. The topological polar surface area (TPSA) is 73.8 Å². The molecule has 0 saturated heterocycles. The van der Waals surface area contributed by atoms with Gasteiger partial charge in [-0.15, -0.1) is 10.2 Å². The molecule has 0 fully saturated rings. The highest BCUT2D eigenvalue weighted by molar-refractivity contribution is 9.08. The lowest BCUT2D eigenvalue weighted by molar-refractivity contribution is -0.384. The fourth-order valence-corrected chi connectivity index (χ4v) is 2.43. The summed E-state index contributed by atoms with van der Waals surface area (Å²) in [4.78, 5) is 10.4. The molecule has 0 unspecified atom stereocenters. The molecule has 0 amide bonds. The van der Waals surface area contributed by atoms with Gasteiger partial charge >= 0.3 is 0 Å². The average Bonchev–Trinajstić information content (AvgIpc) is 2.80. The van der Waals surface area contributed by atoms with E-state index in [1.165, 1.54) is 12.1 Å². The highest BCUT2D eigenvalue weighted by Crippen LogP contribution is 2.28. The van der Waals surface area contributed by atoms with Crippen LogP contribution in [0, 0.1) is 10.1 Å². The second-order valence-corrected chi connectivity index (χ2v) is 4.77. The van der Waals surface area contributed by atoms with Crippen LogP contribution >= 0.6 is 27.5 Å². The Morgan fingerprint density at radius 3 is 2.74 bits per heavy atom. The van der Waals surface area contributed by atoms with Gasteiger partial charge in [0.15, 0.2) is 5.82 Å². The summed E-state index contributed by atoms with van der Waals surface area (Å²) in [5, 5.41) is 19.8. The summed E-state index contributed by atoms with van der Waals surface area (Å²) in [6.45, 7) is 2.63. The van der Waals surface area contributed by atoms with Crippen LogP contribution in [0.4, 0.5) is 5.69 Å². The van der Waals surface area contributed by atoms with Gasteiger partial charge < -0.3 is 4.57 Å². The smallest absolute Gasteiger partial charge is 0.271 e. The molecule has 100 valence electrons. The minimum absolute atomic E-state index is 0.0615. The minimum atomic E-state index is -0.479. The number of nitro groups is 1. The number of halogens is 2. The molecule has 0 spiro atoms. The molecule has 0 aliphatic carbocycles. The Hall–Kier alpha value is -1.47. The quantitative estimate of drug-likeness (QED) is 0.483. The van der Waals surface area contributed by atoms with E-state index in [0.29, 0.717) is 28.3 Å². The first-order valence-electron chi connectivity index (χ1n) is 5.50. The van der Waals surface area contributed by atoms with Crippen LogP contribution in [0.3, 0.4) is 0 Å². The number of hydrogen-bond donors (Lipinski definition) is 0. The molecule has 0 aliphatic rings. The first-order valence-corrected chi connectivity index (χ1v) is 7.00. The summed E-state index contributed by atoms with van der Waals surface area (Å²) >= 11 is 9.24. The number of aromatic nitrogens is 3. The summed E-state index contributed by atoms with van der Waals surface area (Å²) < 4.78 is 1.88. The van der Waals surface area contributed by atoms with Gasteiger partial charge in [0, 0.05) is 29.3 Å². The third-order valence-electron chi connectivity index (χ3n) is 2.61. The van der Waals surface area contributed by atoms with Crippen LogP contribution in [-0.2, 0) is 11.9 Å². The SMILES string of the molecule is CCn1c(CBr)nnc1-c1cc(Cl)cc([N+](=O)[O-])c1. The van der Waals surface area contributed by atoms with Crippen molar-refractivity contribution in [1.82, 2.24) is 14.8 Å². The lowest BCUT2D eigenvalue weighted by Crippen LogP contribution is -2.02. The van der Waals surface area contributed by atoms with Crippen molar-refractivity contribution < 1.29 is 4.92 Å². The van der Waals surface area contributed by atoms with Gasteiger partial charge in [0.2, 0.25) is 0 Å². The van der Waals surface area contributed by atoms with Crippen molar-refractivity contribution in [3.8, 4) is 11.4 Å². The maximum Gasteiger partial charge on any atom is 0.271 e. The number of non-ortho nitro benzene ring substituents is 1. The van der Waals surface area contributed by atoms with E-state index in [1.807, 2.05) is 11.5 Å². The predicted molar refractivity (Wildman–Crippen MR) is 75.4 cm³/mol. The van der Waals surface area contributed by atoms with Crippen molar-refractivity contribution in [2.75, 3.05) is 0 Å². The molecule has 0 saturated carbocycles.